The lowest BCUT2D eigenvalue weighted by Crippen LogP contribution is -2.33. The summed E-state index contributed by atoms with van der Waals surface area (Å²) in [6.45, 7) is 2.47. The second-order valence-corrected chi connectivity index (χ2v) is 7.32. The predicted octanol–water partition coefficient (Wildman–Crippen LogP) is 5.19. The van der Waals surface area contributed by atoms with Crippen molar-refractivity contribution in [2.75, 3.05) is 17.2 Å². The Morgan fingerprint density at radius 2 is 1.65 bits per heavy atom. The molecule has 0 bridgehead atoms. The summed E-state index contributed by atoms with van der Waals surface area (Å²) in [5.74, 6) is -1.47. The van der Waals surface area contributed by atoms with E-state index in [0.717, 1.165) is 6.42 Å². The van der Waals surface area contributed by atoms with Crippen molar-refractivity contribution in [2.45, 2.75) is 19.5 Å². The van der Waals surface area contributed by atoms with Crippen LogP contribution in [0.2, 0.25) is 0 Å². The number of halogens is 2. The van der Waals surface area contributed by atoms with Crippen LogP contribution >= 0.6 is 0 Å². The molecule has 3 aromatic carbocycles. The molecule has 4 rings (SSSR count). The highest BCUT2D eigenvalue weighted by atomic mass is 19.1. The van der Waals surface area contributed by atoms with Crippen molar-refractivity contribution < 1.29 is 18.4 Å². The van der Waals surface area contributed by atoms with Gasteiger partial charge in [0.05, 0.1) is 0 Å². The van der Waals surface area contributed by atoms with Gasteiger partial charge in [-0.25, -0.2) is 8.78 Å². The number of carbonyl (C=O) groups excluding carboxylic acids is 2. The van der Waals surface area contributed by atoms with Crippen LogP contribution in [0.4, 0.5) is 20.2 Å². The molecule has 0 fully saturated rings. The van der Waals surface area contributed by atoms with Gasteiger partial charge in [0.2, 0.25) is 0 Å². The van der Waals surface area contributed by atoms with Gasteiger partial charge in [-0.05, 0) is 55.0 Å². The minimum absolute atomic E-state index is 0.203. The second kappa shape index (κ2) is 8.55. The van der Waals surface area contributed by atoms with E-state index in [1.807, 2.05) is 6.92 Å². The Morgan fingerprint density at radius 3 is 2.32 bits per heavy atom. The number of amides is 2. The molecular weight excluding hydrogens is 400 g/mol. The Labute approximate surface area is 178 Å². The summed E-state index contributed by atoms with van der Waals surface area (Å²) >= 11 is 0. The van der Waals surface area contributed by atoms with Crippen molar-refractivity contribution >= 4 is 23.2 Å². The van der Waals surface area contributed by atoms with Gasteiger partial charge < -0.3 is 15.5 Å². The van der Waals surface area contributed by atoms with Gasteiger partial charge in [0.25, 0.3) is 11.8 Å². The summed E-state index contributed by atoms with van der Waals surface area (Å²) in [6, 6.07) is 16.5. The smallest absolute Gasteiger partial charge is 0.256 e. The molecule has 0 saturated heterocycles. The Bertz CT molecular complexity index is 1150. The highest BCUT2D eigenvalue weighted by molar-refractivity contribution is 6.07. The summed E-state index contributed by atoms with van der Waals surface area (Å²) in [7, 11) is 0. The molecule has 2 amide bonds. The van der Waals surface area contributed by atoms with E-state index in [1.54, 1.807) is 41.3 Å². The molecule has 0 aliphatic carbocycles. The van der Waals surface area contributed by atoms with Crippen molar-refractivity contribution in [1.29, 1.82) is 0 Å². The van der Waals surface area contributed by atoms with Crippen molar-refractivity contribution in [2.24, 2.45) is 0 Å². The number of nitrogens with zero attached hydrogens (tertiary/aromatic N) is 1. The van der Waals surface area contributed by atoms with E-state index in [9.17, 15) is 18.4 Å². The monoisotopic (exact) mass is 421 g/mol. The summed E-state index contributed by atoms with van der Waals surface area (Å²) in [5.41, 5.74) is 2.30. The Hall–Kier alpha value is -3.74. The van der Waals surface area contributed by atoms with Gasteiger partial charge in [-0.3, -0.25) is 9.59 Å². The third kappa shape index (κ3) is 4.26. The minimum atomic E-state index is -0.468. The van der Waals surface area contributed by atoms with E-state index in [1.165, 1.54) is 30.3 Å². The highest BCUT2D eigenvalue weighted by Gasteiger charge is 2.36. The van der Waals surface area contributed by atoms with Gasteiger partial charge in [0, 0.05) is 34.6 Å². The van der Waals surface area contributed by atoms with Crippen LogP contribution in [0, 0.1) is 11.6 Å². The minimum Gasteiger partial charge on any atom is -0.361 e. The standard InChI is InChI=1S/C24H21F2N3O2/c1-2-11-29-22(27-18-7-3-5-16(25)13-18)20-10-9-15(12-21(20)24(29)31)23(30)28-19-8-4-6-17(26)14-19/h3-10,12-14,22,27H,2,11H2,1H3,(H,28,30). The SMILES string of the molecule is CCCN1C(=O)c2cc(C(=O)Nc3cccc(F)c3)ccc2C1Nc1cccc(F)c1. The van der Waals surface area contributed by atoms with Crippen LogP contribution in [0.25, 0.3) is 0 Å². The lowest BCUT2D eigenvalue weighted by Gasteiger charge is -2.26. The van der Waals surface area contributed by atoms with Crippen LogP contribution in [0.1, 0.15) is 45.8 Å². The molecular formula is C24H21F2N3O2. The number of hydrogen-bond donors (Lipinski definition) is 2. The highest BCUT2D eigenvalue weighted by Crippen LogP contribution is 2.35. The zero-order valence-electron chi connectivity index (χ0n) is 16.9. The van der Waals surface area contributed by atoms with E-state index in [2.05, 4.69) is 10.6 Å². The lowest BCUT2D eigenvalue weighted by atomic mass is 10.0. The normalized spacial score (nSPS) is 15.0. The van der Waals surface area contributed by atoms with Gasteiger partial charge in [0.15, 0.2) is 0 Å². The molecule has 0 spiro atoms. The van der Waals surface area contributed by atoms with E-state index in [4.69, 9.17) is 0 Å². The maximum absolute atomic E-state index is 13.6. The van der Waals surface area contributed by atoms with Crippen LogP contribution in [0.3, 0.4) is 0 Å². The Balaban J connectivity index is 1.63. The van der Waals surface area contributed by atoms with Gasteiger partial charge >= 0.3 is 0 Å². The van der Waals surface area contributed by atoms with Crippen LogP contribution in [-0.2, 0) is 0 Å². The van der Waals surface area contributed by atoms with E-state index in [0.29, 0.717) is 34.6 Å². The van der Waals surface area contributed by atoms with Crippen LogP contribution in [0.5, 0.6) is 0 Å². The Morgan fingerprint density at radius 1 is 0.968 bits per heavy atom. The average Bonchev–Trinajstić information content (AvgIpc) is 2.99. The van der Waals surface area contributed by atoms with E-state index < -0.39 is 17.9 Å². The lowest BCUT2D eigenvalue weighted by molar-refractivity contribution is 0.0743. The maximum atomic E-state index is 13.6. The van der Waals surface area contributed by atoms with Gasteiger partial charge in [-0.2, -0.15) is 0 Å². The molecule has 1 aliphatic rings. The fourth-order valence-corrected chi connectivity index (χ4v) is 3.69. The van der Waals surface area contributed by atoms with Gasteiger partial charge in [0.1, 0.15) is 17.8 Å². The van der Waals surface area contributed by atoms with Crippen molar-refractivity contribution in [3.8, 4) is 0 Å². The molecule has 1 heterocycles. The van der Waals surface area contributed by atoms with Crippen LogP contribution in [0.15, 0.2) is 66.7 Å². The maximum Gasteiger partial charge on any atom is 0.256 e. The molecule has 7 heteroatoms. The number of rotatable bonds is 6. The molecule has 158 valence electrons. The first kappa shape index (κ1) is 20.5. The number of nitrogens with one attached hydrogen (secondary N) is 2. The molecule has 31 heavy (non-hydrogen) atoms. The van der Waals surface area contributed by atoms with E-state index >= 15 is 0 Å². The van der Waals surface area contributed by atoms with Crippen LogP contribution in [-0.4, -0.2) is 23.3 Å². The van der Waals surface area contributed by atoms with Crippen molar-refractivity contribution in [3.05, 3.63) is 95.1 Å². The summed E-state index contributed by atoms with van der Waals surface area (Å²) in [5, 5.41) is 5.86. The number of carbonyl (C=O) groups is 2. The van der Waals surface area contributed by atoms with Crippen LogP contribution < -0.4 is 10.6 Å². The first-order valence-corrected chi connectivity index (χ1v) is 10.00. The van der Waals surface area contributed by atoms with Gasteiger partial charge in [-0.15, -0.1) is 0 Å². The number of hydrogen-bond acceptors (Lipinski definition) is 3. The first-order chi connectivity index (χ1) is 15.0. The summed E-state index contributed by atoms with van der Waals surface area (Å²) < 4.78 is 27.0. The topological polar surface area (TPSA) is 61.4 Å². The second-order valence-electron chi connectivity index (χ2n) is 7.32. The van der Waals surface area contributed by atoms with Crippen molar-refractivity contribution in [1.82, 2.24) is 4.90 Å². The average molecular weight is 421 g/mol. The van der Waals surface area contributed by atoms with Gasteiger partial charge in [-0.1, -0.05) is 25.1 Å². The van der Waals surface area contributed by atoms with Crippen molar-refractivity contribution in [3.63, 3.8) is 0 Å². The molecule has 2 N–H and O–H groups in total. The molecule has 1 aliphatic heterocycles. The molecule has 0 radical (unpaired) electrons. The number of anilines is 2. The molecule has 3 aromatic rings. The predicted molar refractivity (Wildman–Crippen MR) is 115 cm³/mol. The fraction of sp³-hybridized carbons (Fsp3) is 0.167. The summed E-state index contributed by atoms with van der Waals surface area (Å²) in [4.78, 5) is 27.4. The Kier molecular flexibility index (Phi) is 5.66. The zero-order chi connectivity index (χ0) is 22.0. The molecule has 5 nitrogen and oxygen atoms in total. The van der Waals surface area contributed by atoms with E-state index in [-0.39, 0.29) is 11.7 Å². The molecule has 1 atom stereocenters. The fourth-order valence-electron chi connectivity index (χ4n) is 3.69. The molecule has 0 saturated carbocycles. The number of fused-ring (bicyclic) bond motifs is 1. The quantitative estimate of drug-likeness (QED) is 0.576. The summed E-state index contributed by atoms with van der Waals surface area (Å²) in [6.07, 6.45) is 0.276. The third-order valence-corrected chi connectivity index (χ3v) is 5.09. The largest absolute Gasteiger partial charge is 0.361 e. The molecule has 1 unspecified atom stereocenters. The first-order valence-electron chi connectivity index (χ1n) is 10.00. The molecule has 0 aromatic heterocycles. The zero-order valence-corrected chi connectivity index (χ0v) is 16.9. The third-order valence-electron chi connectivity index (χ3n) is 5.09. The number of benzene rings is 3.